The molecule has 1 aliphatic heterocycles. The van der Waals surface area contributed by atoms with Crippen LogP contribution in [0, 0.1) is 5.82 Å². The van der Waals surface area contributed by atoms with Gasteiger partial charge in [0.15, 0.2) is 0 Å². The fourth-order valence-electron chi connectivity index (χ4n) is 2.57. The molecule has 2 atom stereocenters. The van der Waals surface area contributed by atoms with Crippen molar-refractivity contribution < 1.29 is 27.1 Å². The Hall–Kier alpha value is -1.83. The zero-order chi connectivity index (χ0) is 17.2. The first-order valence-corrected chi connectivity index (χ1v) is 7.20. The fourth-order valence-corrected chi connectivity index (χ4v) is 2.57. The fraction of sp³-hybridized carbons (Fsp3) is 0.533. The van der Waals surface area contributed by atoms with Crippen LogP contribution in [0.15, 0.2) is 18.2 Å². The quantitative estimate of drug-likeness (QED) is 0.864. The zero-order valence-electron chi connectivity index (χ0n) is 12.8. The van der Waals surface area contributed by atoms with Gasteiger partial charge in [-0.1, -0.05) is 6.07 Å². The molecule has 4 nitrogen and oxygen atoms in total. The second-order valence-electron chi connectivity index (χ2n) is 5.63. The Morgan fingerprint density at radius 1 is 1.30 bits per heavy atom. The largest absolute Gasteiger partial charge is 0.471 e. The molecule has 23 heavy (non-hydrogen) atoms. The van der Waals surface area contributed by atoms with E-state index in [0.29, 0.717) is 18.8 Å². The van der Waals surface area contributed by atoms with Crippen molar-refractivity contribution in [3.8, 4) is 0 Å². The lowest BCUT2D eigenvalue weighted by Gasteiger charge is -2.37. The maximum atomic E-state index is 14.2. The highest BCUT2D eigenvalue weighted by atomic mass is 19.4. The third-order valence-corrected chi connectivity index (χ3v) is 3.48. The van der Waals surface area contributed by atoms with E-state index < -0.39 is 17.9 Å². The SMILES string of the molecule is C[C@@H]1CN(c2ccc(CNC(=O)C(F)(F)F)cc2F)C[C@H](C)O1. The van der Waals surface area contributed by atoms with Gasteiger partial charge in [0.1, 0.15) is 5.82 Å². The van der Waals surface area contributed by atoms with Crippen molar-refractivity contribution >= 4 is 11.6 Å². The van der Waals surface area contributed by atoms with E-state index in [1.807, 2.05) is 18.7 Å². The summed E-state index contributed by atoms with van der Waals surface area (Å²) < 4.78 is 56.1. The molecule has 1 amide bonds. The van der Waals surface area contributed by atoms with Crippen molar-refractivity contribution in [2.24, 2.45) is 0 Å². The molecular formula is C15H18F4N2O2. The van der Waals surface area contributed by atoms with Crippen LogP contribution in [0.1, 0.15) is 19.4 Å². The highest BCUT2D eigenvalue weighted by Gasteiger charge is 2.38. The van der Waals surface area contributed by atoms with Gasteiger partial charge in [0.25, 0.3) is 0 Å². The normalized spacial score (nSPS) is 22.1. The van der Waals surface area contributed by atoms with Gasteiger partial charge in [0, 0.05) is 19.6 Å². The number of nitrogens with zero attached hydrogens (tertiary/aromatic N) is 1. The molecule has 1 N–H and O–H groups in total. The lowest BCUT2D eigenvalue weighted by atomic mass is 10.1. The van der Waals surface area contributed by atoms with Crippen LogP contribution in [0.4, 0.5) is 23.2 Å². The van der Waals surface area contributed by atoms with Crippen LogP contribution in [0.25, 0.3) is 0 Å². The molecule has 1 aromatic carbocycles. The molecule has 8 heteroatoms. The number of alkyl halides is 3. The molecule has 0 unspecified atom stereocenters. The molecule has 1 aromatic rings. The predicted octanol–water partition coefficient (Wildman–Crippen LogP) is 2.62. The van der Waals surface area contributed by atoms with Gasteiger partial charge >= 0.3 is 12.1 Å². The first kappa shape index (κ1) is 17.5. The Kier molecular flexibility index (Phi) is 5.13. The lowest BCUT2D eigenvalue weighted by Crippen LogP contribution is -2.45. The highest BCUT2D eigenvalue weighted by Crippen LogP contribution is 2.24. The lowest BCUT2D eigenvalue weighted by molar-refractivity contribution is -0.173. The molecule has 1 fully saturated rings. The van der Waals surface area contributed by atoms with Crippen LogP contribution in [-0.4, -0.2) is 37.4 Å². The third-order valence-electron chi connectivity index (χ3n) is 3.48. The molecule has 1 aliphatic rings. The van der Waals surface area contributed by atoms with Crippen LogP contribution in [-0.2, 0) is 16.1 Å². The van der Waals surface area contributed by atoms with Crippen LogP contribution < -0.4 is 10.2 Å². The summed E-state index contributed by atoms with van der Waals surface area (Å²) in [7, 11) is 0. The van der Waals surface area contributed by atoms with E-state index in [1.165, 1.54) is 12.1 Å². The van der Waals surface area contributed by atoms with E-state index in [2.05, 4.69) is 0 Å². The third kappa shape index (κ3) is 4.57. The molecule has 1 heterocycles. The van der Waals surface area contributed by atoms with Crippen molar-refractivity contribution in [2.75, 3.05) is 18.0 Å². The Bertz CT molecular complexity index is 567. The first-order valence-electron chi connectivity index (χ1n) is 7.20. The number of nitrogens with one attached hydrogen (secondary N) is 1. The minimum Gasteiger partial charge on any atom is -0.372 e. The Labute approximate surface area is 131 Å². The molecule has 128 valence electrons. The standard InChI is InChI=1S/C15H18F4N2O2/c1-9-7-21(8-10(2)23-9)13-4-3-11(5-12(13)16)6-20-14(22)15(17,18)19/h3-5,9-10H,6-8H2,1-2H3,(H,20,22)/t9-,10+. The Balaban J connectivity index is 2.04. The average molecular weight is 334 g/mol. The van der Waals surface area contributed by atoms with Crippen molar-refractivity contribution in [3.63, 3.8) is 0 Å². The van der Waals surface area contributed by atoms with Gasteiger partial charge in [0.05, 0.1) is 17.9 Å². The molecule has 0 aliphatic carbocycles. The minimum absolute atomic E-state index is 0.0381. The number of hydrogen-bond donors (Lipinski definition) is 1. The highest BCUT2D eigenvalue weighted by molar-refractivity contribution is 5.81. The number of morpholine rings is 1. The number of rotatable bonds is 3. The van der Waals surface area contributed by atoms with Crippen LogP contribution >= 0.6 is 0 Å². The summed E-state index contributed by atoms with van der Waals surface area (Å²) in [6.07, 6.45) is -5.02. The topological polar surface area (TPSA) is 41.6 Å². The van der Waals surface area contributed by atoms with Crippen LogP contribution in [0.2, 0.25) is 0 Å². The predicted molar refractivity (Wildman–Crippen MR) is 76.5 cm³/mol. The number of ether oxygens (including phenoxy) is 1. The van der Waals surface area contributed by atoms with E-state index in [4.69, 9.17) is 4.74 Å². The molecular weight excluding hydrogens is 316 g/mol. The van der Waals surface area contributed by atoms with E-state index in [1.54, 1.807) is 5.32 Å². The van der Waals surface area contributed by atoms with E-state index in [0.717, 1.165) is 6.07 Å². The summed E-state index contributed by atoms with van der Waals surface area (Å²) in [5.74, 6) is -2.58. The maximum Gasteiger partial charge on any atom is 0.471 e. The van der Waals surface area contributed by atoms with Crippen LogP contribution in [0.5, 0.6) is 0 Å². The number of anilines is 1. The monoisotopic (exact) mass is 334 g/mol. The van der Waals surface area contributed by atoms with Gasteiger partial charge in [-0.05, 0) is 31.5 Å². The van der Waals surface area contributed by atoms with Gasteiger partial charge in [-0.25, -0.2) is 4.39 Å². The van der Waals surface area contributed by atoms with E-state index in [9.17, 15) is 22.4 Å². The number of amides is 1. The smallest absolute Gasteiger partial charge is 0.372 e. The number of hydrogen-bond acceptors (Lipinski definition) is 3. The van der Waals surface area contributed by atoms with E-state index in [-0.39, 0.29) is 24.3 Å². The van der Waals surface area contributed by atoms with Gasteiger partial charge in [-0.3, -0.25) is 4.79 Å². The summed E-state index contributed by atoms with van der Waals surface area (Å²) in [5, 5.41) is 1.72. The summed E-state index contributed by atoms with van der Waals surface area (Å²) >= 11 is 0. The second kappa shape index (κ2) is 6.74. The summed E-state index contributed by atoms with van der Waals surface area (Å²) in [4.78, 5) is 12.6. The zero-order valence-corrected chi connectivity index (χ0v) is 12.8. The van der Waals surface area contributed by atoms with Gasteiger partial charge < -0.3 is 15.0 Å². The molecule has 0 radical (unpaired) electrons. The Morgan fingerprint density at radius 3 is 2.43 bits per heavy atom. The minimum atomic E-state index is -4.95. The average Bonchev–Trinajstić information content (AvgIpc) is 2.42. The van der Waals surface area contributed by atoms with Gasteiger partial charge in [0.2, 0.25) is 0 Å². The summed E-state index contributed by atoms with van der Waals surface area (Å²) in [6.45, 7) is 4.46. The second-order valence-corrected chi connectivity index (χ2v) is 5.63. The van der Waals surface area contributed by atoms with Crippen molar-refractivity contribution in [1.29, 1.82) is 0 Å². The van der Waals surface area contributed by atoms with Crippen molar-refractivity contribution in [2.45, 2.75) is 38.8 Å². The molecule has 0 saturated carbocycles. The number of carbonyl (C=O) groups is 1. The molecule has 0 bridgehead atoms. The van der Waals surface area contributed by atoms with Crippen molar-refractivity contribution in [3.05, 3.63) is 29.6 Å². The van der Waals surface area contributed by atoms with Gasteiger partial charge in [-0.2, -0.15) is 13.2 Å². The molecule has 0 aromatic heterocycles. The Morgan fingerprint density at radius 2 is 1.91 bits per heavy atom. The van der Waals surface area contributed by atoms with Gasteiger partial charge in [-0.15, -0.1) is 0 Å². The van der Waals surface area contributed by atoms with Crippen molar-refractivity contribution in [1.82, 2.24) is 5.32 Å². The summed E-state index contributed by atoms with van der Waals surface area (Å²) in [5.41, 5.74) is 0.635. The summed E-state index contributed by atoms with van der Waals surface area (Å²) in [6, 6.07) is 4.14. The van der Waals surface area contributed by atoms with E-state index >= 15 is 0 Å². The molecule has 0 spiro atoms. The molecule has 1 saturated heterocycles. The number of halogens is 4. The first-order chi connectivity index (χ1) is 10.7. The molecule has 2 rings (SSSR count). The maximum absolute atomic E-state index is 14.2. The number of carbonyl (C=O) groups excluding carboxylic acids is 1. The number of benzene rings is 1. The van der Waals surface area contributed by atoms with Crippen LogP contribution in [0.3, 0.4) is 0 Å².